The summed E-state index contributed by atoms with van der Waals surface area (Å²) in [5, 5.41) is 1.94. The third kappa shape index (κ3) is 3.77. The molecule has 0 unspecified atom stereocenters. The lowest BCUT2D eigenvalue weighted by Crippen LogP contribution is -2.41. The minimum Gasteiger partial charge on any atom is -0.496 e. The van der Waals surface area contributed by atoms with Gasteiger partial charge in [0.05, 0.1) is 34.0 Å². The van der Waals surface area contributed by atoms with Gasteiger partial charge in [-0.05, 0) is 111 Å². The number of rotatable bonds is 3. The van der Waals surface area contributed by atoms with Crippen LogP contribution in [-0.4, -0.2) is 43.8 Å². The zero-order chi connectivity index (χ0) is 23.9. The summed E-state index contributed by atoms with van der Waals surface area (Å²) in [6, 6.07) is 6.10. The van der Waals surface area contributed by atoms with Crippen molar-refractivity contribution in [2.75, 3.05) is 7.11 Å². The normalized spacial score (nSPS) is 23.2. The van der Waals surface area contributed by atoms with Crippen molar-refractivity contribution in [2.45, 2.75) is 77.8 Å². The van der Waals surface area contributed by atoms with Gasteiger partial charge in [-0.25, -0.2) is 0 Å². The molecular weight excluding hydrogens is 538 g/mol. The fraction of sp³-hybridized carbons (Fsp3) is 0.565. The molecule has 2 aliphatic rings. The van der Waals surface area contributed by atoms with Crippen molar-refractivity contribution < 1.29 is 23.4 Å². The molecule has 2 aliphatic heterocycles. The van der Waals surface area contributed by atoms with E-state index in [2.05, 4.69) is 93.3 Å². The number of benzene rings is 2. The first-order valence-electron chi connectivity index (χ1n) is 10.8. The Morgan fingerprint density at radius 2 is 1.12 bits per heavy atom. The quantitative estimate of drug-likeness (QED) is 0.490. The van der Waals surface area contributed by atoms with Crippen LogP contribution in [0.5, 0.6) is 5.75 Å². The second-order valence-electron chi connectivity index (χ2n) is 10.6. The van der Waals surface area contributed by atoms with E-state index in [1.807, 2.05) is 12.1 Å². The fourth-order valence-electron chi connectivity index (χ4n) is 3.98. The summed E-state index contributed by atoms with van der Waals surface area (Å²) in [5.41, 5.74) is 0.00282. The van der Waals surface area contributed by atoms with Crippen LogP contribution in [0.2, 0.25) is 0 Å². The molecule has 5 nitrogen and oxygen atoms in total. The van der Waals surface area contributed by atoms with Gasteiger partial charge in [-0.1, -0.05) is 15.9 Å². The second kappa shape index (κ2) is 7.72. The molecule has 0 N–H and O–H groups in total. The van der Waals surface area contributed by atoms with E-state index < -0.39 is 36.6 Å². The molecule has 2 aromatic rings. The number of halogens is 2. The zero-order valence-corrected chi connectivity index (χ0v) is 23.4. The highest BCUT2D eigenvalue weighted by molar-refractivity contribution is 9.11. The highest BCUT2D eigenvalue weighted by Gasteiger charge is 2.54. The van der Waals surface area contributed by atoms with Crippen molar-refractivity contribution in [3.8, 4) is 5.75 Å². The van der Waals surface area contributed by atoms with Crippen LogP contribution in [0.1, 0.15) is 55.4 Å². The van der Waals surface area contributed by atoms with Gasteiger partial charge in [-0.15, -0.1) is 0 Å². The number of methoxy groups -OCH3 is 1. The molecule has 0 radical (unpaired) electrons. The van der Waals surface area contributed by atoms with Gasteiger partial charge < -0.3 is 23.4 Å². The molecule has 0 bridgehead atoms. The average molecular weight is 568 g/mol. The van der Waals surface area contributed by atoms with E-state index in [4.69, 9.17) is 23.4 Å². The standard InChI is InChI=1S/C23H30B2Br2O5/c1-20(2)21(3,4)30-24(29-20)15-12-17(28-9)19(27)18-14(15)10-13(26)11-16(18)25-31-22(5,6)23(7,8)32-25/h10-12H,1-9H3. The summed E-state index contributed by atoms with van der Waals surface area (Å²) in [4.78, 5) is 0. The van der Waals surface area contributed by atoms with Crippen LogP contribution in [0.4, 0.5) is 0 Å². The monoisotopic (exact) mass is 566 g/mol. The largest absolute Gasteiger partial charge is 0.496 e. The van der Waals surface area contributed by atoms with Crippen molar-refractivity contribution in [1.82, 2.24) is 0 Å². The van der Waals surface area contributed by atoms with E-state index in [0.717, 1.165) is 30.6 Å². The van der Waals surface area contributed by atoms with Crippen LogP contribution in [0.25, 0.3) is 10.8 Å². The Labute approximate surface area is 208 Å². The second-order valence-corrected chi connectivity index (χ2v) is 12.3. The predicted molar refractivity (Wildman–Crippen MR) is 137 cm³/mol. The first kappa shape index (κ1) is 24.6. The molecule has 2 saturated heterocycles. The molecule has 2 heterocycles. The third-order valence-electron chi connectivity index (χ3n) is 7.40. The fourth-order valence-corrected chi connectivity index (χ4v) is 5.17. The van der Waals surface area contributed by atoms with Crippen molar-refractivity contribution >= 4 is 67.8 Å². The summed E-state index contributed by atoms with van der Waals surface area (Å²) in [5.74, 6) is 0.697. The van der Waals surface area contributed by atoms with E-state index in [1.54, 1.807) is 7.11 Å². The predicted octanol–water partition coefficient (Wildman–Crippen LogP) is 4.97. The molecule has 2 fully saturated rings. The SMILES string of the molecule is COc1cc(B2OC(C)(C)C(C)(C)O2)c2cc(Br)cc(B3OC(C)(C)C(C)(C)O3)c2c1Br. The maximum absolute atomic E-state index is 6.41. The van der Waals surface area contributed by atoms with E-state index in [9.17, 15) is 0 Å². The Balaban J connectivity index is 1.95. The van der Waals surface area contributed by atoms with E-state index >= 15 is 0 Å². The Morgan fingerprint density at radius 1 is 0.688 bits per heavy atom. The van der Waals surface area contributed by atoms with Gasteiger partial charge in [-0.2, -0.15) is 0 Å². The highest BCUT2D eigenvalue weighted by Crippen LogP contribution is 2.41. The van der Waals surface area contributed by atoms with Crippen molar-refractivity contribution in [1.29, 1.82) is 0 Å². The molecule has 0 amide bonds. The number of hydrogen-bond donors (Lipinski definition) is 0. The molecule has 2 aromatic carbocycles. The number of fused-ring (bicyclic) bond motifs is 1. The Morgan fingerprint density at radius 3 is 1.56 bits per heavy atom. The Hall–Kier alpha value is -0.570. The summed E-state index contributed by atoms with van der Waals surface area (Å²) in [6.07, 6.45) is 0. The molecule has 4 rings (SSSR count). The average Bonchev–Trinajstić information content (AvgIpc) is 3.00. The maximum atomic E-state index is 6.41. The highest BCUT2D eigenvalue weighted by atomic mass is 79.9. The smallest absolute Gasteiger partial charge is 0.495 e. The Bertz CT molecular complexity index is 1050. The summed E-state index contributed by atoms with van der Waals surface area (Å²) >= 11 is 7.47. The number of hydrogen-bond acceptors (Lipinski definition) is 5. The first-order valence-corrected chi connectivity index (χ1v) is 12.4. The van der Waals surface area contributed by atoms with E-state index in [1.165, 1.54) is 0 Å². The van der Waals surface area contributed by atoms with Gasteiger partial charge in [0, 0.05) is 4.47 Å². The molecule has 0 atom stereocenters. The zero-order valence-electron chi connectivity index (χ0n) is 20.2. The lowest BCUT2D eigenvalue weighted by atomic mass is 9.71. The molecule has 172 valence electrons. The van der Waals surface area contributed by atoms with Crippen molar-refractivity contribution in [2.24, 2.45) is 0 Å². The van der Waals surface area contributed by atoms with Crippen LogP contribution < -0.4 is 15.7 Å². The van der Waals surface area contributed by atoms with Gasteiger partial charge in [0.2, 0.25) is 0 Å². The van der Waals surface area contributed by atoms with Gasteiger partial charge >= 0.3 is 14.2 Å². The minimum absolute atomic E-state index is 0.452. The summed E-state index contributed by atoms with van der Waals surface area (Å²) in [7, 11) is 0.590. The summed E-state index contributed by atoms with van der Waals surface area (Å²) < 4.78 is 33.1. The van der Waals surface area contributed by atoms with Gasteiger partial charge in [-0.3, -0.25) is 0 Å². The van der Waals surface area contributed by atoms with Gasteiger partial charge in [0.15, 0.2) is 0 Å². The summed E-state index contributed by atoms with van der Waals surface area (Å²) in [6.45, 7) is 16.4. The molecule has 0 saturated carbocycles. The lowest BCUT2D eigenvalue weighted by Gasteiger charge is -2.32. The van der Waals surface area contributed by atoms with Crippen LogP contribution in [0.15, 0.2) is 27.1 Å². The van der Waals surface area contributed by atoms with Crippen LogP contribution in [-0.2, 0) is 18.6 Å². The lowest BCUT2D eigenvalue weighted by molar-refractivity contribution is 0.00578. The minimum atomic E-state index is -0.537. The van der Waals surface area contributed by atoms with Crippen LogP contribution in [0.3, 0.4) is 0 Å². The topological polar surface area (TPSA) is 46.2 Å². The maximum Gasteiger partial charge on any atom is 0.495 e. The molecule has 0 aliphatic carbocycles. The van der Waals surface area contributed by atoms with Crippen LogP contribution in [0, 0.1) is 0 Å². The molecular formula is C23H30B2Br2O5. The molecule has 32 heavy (non-hydrogen) atoms. The van der Waals surface area contributed by atoms with Crippen molar-refractivity contribution in [3.63, 3.8) is 0 Å². The van der Waals surface area contributed by atoms with Crippen molar-refractivity contribution in [3.05, 3.63) is 27.1 Å². The molecule has 0 aromatic heterocycles. The first-order chi connectivity index (χ1) is 14.6. The Kier molecular flexibility index (Phi) is 5.92. The van der Waals surface area contributed by atoms with Crippen LogP contribution >= 0.6 is 31.9 Å². The number of ether oxygens (including phenoxy) is 1. The van der Waals surface area contributed by atoms with Gasteiger partial charge in [0.1, 0.15) is 5.75 Å². The van der Waals surface area contributed by atoms with Gasteiger partial charge in [0.25, 0.3) is 0 Å². The van der Waals surface area contributed by atoms with E-state index in [0.29, 0.717) is 5.75 Å². The van der Waals surface area contributed by atoms with E-state index in [-0.39, 0.29) is 0 Å². The third-order valence-corrected chi connectivity index (χ3v) is 8.65. The molecule has 9 heteroatoms. The molecule has 0 spiro atoms.